The molecule has 24 heavy (non-hydrogen) atoms. The minimum Gasteiger partial charge on any atom is -0.484 e. The summed E-state index contributed by atoms with van der Waals surface area (Å²) in [5.41, 5.74) is 2.06. The van der Waals surface area contributed by atoms with Crippen LogP contribution in [0.2, 0.25) is 0 Å². The lowest BCUT2D eigenvalue weighted by molar-refractivity contribution is -0.118. The van der Waals surface area contributed by atoms with Crippen LogP contribution in [0.1, 0.15) is 25.3 Å². The fourth-order valence-electron chi connectivity index (χ4n) is 2.62. The van der Waals surface area contributed by atoms with Gasteiger partial charge in [0, 0.05) is 11.1 Å². The van der Waals surface area contributed by atoms with Crippen molar-refractivity contribution in [2.24, 2.45) is 0 Å². The van der Waals surface area contributed by atoms with E-state index in [1.807, 2.05) is 66.7 Å². The number of carbonyl (C=O) groups is 1. The third-order valence-corrected chi connectivity index (χ3v) is 3.98. The number of nitrogens with one attached hydrogen (secondary N) is 1. The maximum absolute atomic E-state index is 12.2. The van der Waals surface area contributed by atoms with Gasteiger partial charge in [0.2, 0.25) is 0 Å². The summed E-state index contributed by atoms with van der Waals surface area (Å²) in [6.07, 6.45) is 0. The summed E-state index contributed by atoms with van der Waals surface area (Å²) >= 11 is 0. The Morgan fingerprint density at radius 3 is 2.42 bits per heavy atom. The van der Waals surface area contributed by atoms with Gasteiger partial charge in [-0.15, -0.1) is 0 Å². The van der Waals surface area contributed by atoms with E-state index in [1.54, 1.807) is 0 Å². The Labute approximate surface area is 142 Å². The van der Waals surface area contributed by atoms with Crippen LogP contribution in [0.15, 0.2) is 66.7 Å². The van der Waals surface area contributed by atoms with E-state index in [0.29, 0.717) is 11.7 Å². The number of anilines is 1. The molecule has 1 N–H and O–H groups in total. The smallest absolute Gasteiger partial charge is 0.262 e. The number of amides is 1. The lowest BCUT2D eigenvalue weighted by Gasteiger charge is -2.11. The zero-order valence-electron chi connectivity index (χ0n) is 14.0. The van der Waals surface area contributed by atoms with Gasteiger partial charge in [-0.2, -0.15) is 0 Å². The van der Waals surface area contributed by atoms with Gasteiger partial charge in [0.1, 0.15) is 5.75 Å². The predicted octanol–water partition coefficient (Wildman–Crippen LogP) is 4.98. The molecule has 3 nitrogen and oxygen atoms in total. The number of fused-ring (bicyclic) bond motifs is 1. The van der Waals surface area contributed by atoms with E-state index < -0.39 is 0 Å². The second kappa shape index (κ2) is 7.18. The van der Waals surface area contributed by atoms with Crippen molar-refractivity contribution in [3.8, 4) is 5.75 Å². The summed E-state index contributed by atoms with van der Waals surface area (Å²) in [5.74, 6) is 1.01. The Kier molecular flexibility index (Phi) is 4.80. The number of carbonyl (C=O) groups excluding carboxylic acids is 1. The third-order valence-electron chi connectivity index (χ3n) is 3.98. The Morgan fingerprint density at radius 2 is 1.67 bits per heavy atom. The SMILES string of the molecule is CC(C)c1ccc(OCC(=O)Nc2cccc3ccccc23)cc1. The van der Waals surface area contributed by atoms with Crippen molar-refractivity contribution in [2.75, 3.05) is 11.9 Å². The summed E-state index contributed by atoms with van der Waals surface area (Å²) in [4.78, 5) is 12.2. The van der Waals surface area contributed by atoms with E-state index in [-0.39, 0.29) is 12.5 Å². The van der Waals surface area contributed by atoms with Gasteiger partial charge in [0.05, 0.1) is 0 Å². The zero-order chi connectivity index (χ0) is 16.9. The molecule has 1 amide bonds. The molecule has 3 rings (SSSR count). The average Bonchev–Trinajstić information content (AvgIpc) is 2.61. The van der Waals surface area contributed by atoms with Crippen molar-refractivity contribution in [3.63, 3.8) is 0 Å². The monoisotopic (exact) mass is 319 g/mol. The van der Waals surface area contributed by atoms with Crippen molar-refractivity contribution < 1.29 is 9.53 Å². The number of benzene rings is 3. The van der Waals surface area contributed by atoms with E-state index in [1.165, 1.54) is 5.56 Å². The Bertz CT molecular complexity index is 833. The Hall–Kier alpha value is -2.81. The van der Waals surface area contributed by atoms with Crippen LogP contribution in [-0.4, -0.2) is 12.5 Å². The molecule has 0 aliphatic carbocycles. The van der Waals surface area contributed by atoms with Gasteiger partial charge in [-0.3, -0.25) is 4.79 Å². The second-order valence-corrected chi connectivity index (χ2v) is 6.09. The highest BCUT2D eigenvalue weighted by Crippen LogP contribution is 2.23. The molecule has 0 unspecified atom stereocenters. The lowest BCUT2D eigenvalue weighted by atomic mass is 10.0. The molecule has 0 aromatic heterocycles. The molecule has 3 aromatic carbocycles. The van der Waals surface area contributed by atoms with Gasteiger partial charge in [-0.1, -0.05) is 62.4 Å². The molecule has 0 fully saturated rings. The molecular weight excluding hydrogens is 298 g/mol. The zero-order valence-corrected chi connectivity index (χ0v) is 14.0. The van der Waals surface area contributed by atoms with Crippen molar-refractivity contribution in [3.05, 3.63) is 72.3 Å². The first-order chi connectivity index (χ1) is 11.6. The molecule has 0 aliphatic rings. The number of hydrogen-bond donors (Lipinski definition) is 1. The maximum Gasteiger partial charge on any atom is 0.262 e. The molecule has 3 heteroatoms. The quantitative estimate of drug-likeness (QED) is 0.720. The van der Waals surface area contributed by atoms with Crippen LogP contribution in [-0.2, 0) is 4.79 Å². The molecule has 0 atom stereocenters. The van der Waals surface area contributed by atoms with Crippen LogP contribution in [0.5, 0.6) is 5.75 Å². The normalized spacial score (nSPS) is 10.8. The van der Waals surface area contributed by atoms with Crippen LogP contribution in [0.25, 0.3) is 10.8 Å². The van der Waals surface area contributed by atoms with E-state index in [9.17, 15) is 4.79 Å². The van der Waals surface area contributed by atoms with Gasteiger partial charge >= 0.3 is 0 Å². The molecule has 0 saturated heterocycles. The highest BCUT2D eigenvalue weighted by molar-refractivity contribution is 6.02. The standard InChI is InChI=1S/C21H21NO2/c1-15(2)16-10-12-18(13-11-16)24-14-21(23)22-20-9-5-7-17-6-3-4-8-19(17)20/h3-13,15H,14H2,1-2H3,(H,22,23). The molecule has 0 spiro atoms. The number of rotatable bonds is 5. The number of ether oxygens (including phenoxy) is 1. The van der Waals surface area contributed by atoms with Crippen molar-refractivity contribution in [2.45, 2.75) is 19.8 Å². The molecule has 0 saturated carbocycles. The Morgan fingerprint density at radius 1 is 0.958 bits per heavy atom. The molecule has 0 aliphatic heterocycles. The fraction of sp³-hybridized carbons (Fsp3) is 0.190. The summed E-state index contributed by atoms with van der Waals surface area (Å²) in [7, 11) is 0. The first-order valence-corrected chi connectivity index (χ1v) is 8.14. The molecular formula is C21H21NO2. The topological polar surface area (TPSA) is 38.3 Å². The lowest BCUT2D eigenvalue weighted by Crippen LogP contribution is -2.20. The van der Waals surface area contributed by atoms with E-state index >= 15 is 0 Å². The van der Waals surface area contributed by atoms with E-state index in [0.717, 1.165) is 16.5 Å². The van der Waals surface area contributed by atoms with Crippen LogP contribution in [0, 0.1) is 0 Å². The van der Waals surface area contributed by atoms with Crippen LogP contribution in [0.4, 0.5) is 5.69 Å². The van der Waals surface area contributed by atoms with Gasteiger partial charge in [0.25, 0.3) is 5.91 Å². The van der Waals surface area contributed by atoms with Crippen molar-refractivity contribution in [1.82, 2.24) is 0 Å². The van der Waals surface area contributed by atoms with Gasteiger partial charge in [-0.05, 0) is 35.1 Å². The molecule has 3 aromatic rings. The van der Waals surface area contributed by atoms with E-state index in [4.69, 9.17) is 4.74 Å². The molecule has 0 bridgehead atoms. The molecule has 122 valence electrons. The highest BCUT2D eigenvalue weighted by Gasteiger charge is 2.07. The maximum atomic E-state index is 12.2. The minimum atomic E-state index is -0.167. The van der Waals surface area contributed by atoms with Crippen molar-refractivity contribution >= 4 is 22.4 Å². The number of hydrogen-bond acceptors (Lipinski definition) is 2. The van der Waals surface area contributed by atoms with Crippen LogP contribution >= 0.6 is 0 Å². The summed E-state index contributed by atoms with van der Waals surface area (Å²) in [6, 6.07) is 21.7. The molecule has 0 heterocycles. The first-order valence-electron chi connectivity index (χ1n) is 8.14. The fourth-order valence-corrected chi connectivity index (χ4v) is 2.62. The average molecular weight is 319 g/mol. The van der Waals surface area contributed by atoms with Gasteiger partial charge in [-0.25, -0.2) is 0 Å². The summed E-state index contributed by atoms with van der Waals surface area (Å²) < 4.78 is 5.57. The minimum absolute atomic E-state index is 0.00968. The Balaban J connectivity index is 1.63. The summed E-state index contributed by atoms with van der Waals surface area (Å²) in [5, 5.41) is 5.04. The van der Waals surface area contributed by atoms with E-state index in [2.05, 4.69) is 19.2 Å². The first kappa shape index (κ1) is 16.1. The molecule has 0 radical (unpaired) electrons. The third kappa shape index (κ3) is 3.74. The van der Waals surface area contributed by atoms with Crippen molar-refractivity contribution in [1.29, 1.82) is 0 Å². The van der Waals surface area contributed by atoms with Gasteiger partial charge in [0.15, 0.2) is 6.61 Å². The van der Waals surface area contributed by atoms with Gasteiger partial charge < -0.3 is 10.1 Å². The summed E-state index contributed by atoms with van der Waals surface area (Å²) in [6.45, 7) is 4.28. The van der Waals surface area contributed by atoms with Crippen LogP contribution in [0.3, 0.4) is 0 Å². The second-order valence-electron chi connectivity index (χ2n) is 6.09. The van der Waals surface area contributed by atoms with Crippen LogP contribution < -0.4 is 10.1 Å². The highest BCUT2D eigenvalue weighted by atomic mass is 16.5. The largest absolute Gasteiger partial charge is 0.484 e. The predicted molar refractivity (Wildman–Crippen MR) is 98.6 cm³/mol.